The molecule has 1 aromatic carbocycles. The van der Waals surface area contributed by atoms with Gasteiger partial charge in [0.05, 0.1) is 13.5 Å². The molecule has 5 heteroatoms. The number of carbonyl (C=O) groups excluding carboxylic acids is 2. The van der Waals surface area contributed by atoms with Gasteiger partial charge in [-0.3, -0.25) is 9.59 Å². The van der Waals surface area contributed by atoms with Crippen molar-refractivity contribution in [2.75, 3.05) is 32.1 Å². The van der Waals surface area contributed by atoms with Crippen molar-refractivity contribution < 1.29 is 14.3 Å². The van der Waals surface area contributed by atoms with Gasteiger partial charge in [-0.2, -0.15) is 0 Å². The van der Waals surface area contributed by atoms with Crippen molar-refractivity contribution in [2.45, 2.75) is 12.8 Å². The summed E-state index contributed by atoms with van der Waals surface area (Å²) in [4.78, 5) is 25.0. The molecule has 0 bridgehead atoms. The van der Waals surface area contributed by atoms with Crippen LogP contribution in [0.4, 0.5) is 5.69 Å². The van der Waals surface area contributed by atoms with E-state index in [1.807, 2.05) is 30.3 Å². The molecule has 1 fully saturated rings. The van der Waals surface area contributed by atoms with E-state index in [9.17, 15) is 9.59 Å². The number of carbonyl (C=O) groups is 2. The van der Waals surface area contributed by atoms with Gasteiger partial charge in [0.1, 0.15) is 0 Å². The quantitative estimate of drug-likeness (QED) is 0.800. The van der Waals surface area contributed by atoms with E-state index in [1.165, 1.54) is 7.11 Å². The van der Waals surface area contributed by atoms with Crippen LogP contribution in [0.25, 0.3) is 0 Å². The number of esters is 1. The number of rotatable bonds is 6. The first-order chi connectivity index (χ1) is 9.67. The number of para-hydroxylation sites is 1. The van der Waals surface area contributed by atoms with Crippen molar-refractivity contribution in [2.24, 2.45) is 5.92 Å². The molecule has 108 valence electrons. The van der Waals surface area contributed by atoms with Crippen LogP contribution in [0.5, 0.6) is 0 Å². The molecule has 1 saturated heterocycles. The van der Waals surface area contributed by atoms with Gasteiger partial charge in [0.2, 0.25) is 5.91 Å². The fraction of sp³-hybridized carbons (Fsp3) is 0.467. The Kier molecular flexibility index (Phi) is 5.12. The molecule has 1 aliphatic rings. The van der Waals surface area contributed by atoms with E-state index in [2.05, 4.69) is 15.0 Å². The van der Waals surface area contributed by atoms with Crippen LogP contribution in [0, 0.1) is 5.92 Å². The third-order valence-corrected chi connectivity index (χ3v) is 3.43. The number of methoxy groups -OCH3 is 1. The van der Waals surface area contributed by atoms with Gasteiger partial charge in [-0.1, -0.05) is 18.2 Å². The summed E-state index contributed by atoms with van der Waals surface area (Å²) in [5.41, 5.74) is 0.824. The Morgan fingerprint density at radius 2 is 2.00 bits per heavy atom. The van der Waals surface area contributed by atoms with Crippen molar-refractivity contribution in [1.82, 2.24) is 4.90 Å². The van der Waals surface area contributed by atoms with Crippen molar-refractivity contribution in [3.63, 3.8) is 0 Å². The summed E-state index contributed by atoms with van der Waals surface area (Å²) in [5, 5.41) is 2.86. The first-order valence-electron chi connectivity index (χ1n) is 6.81. The first-order valence-corrected chi connectivity index (χ1v) is 6.81. The smallest absolute Gasteiger partial charge is 0.305 e. The van der Waals surface area contributed by atoms with Crippen LogP contribution in [0.3, 0.4) is 0 Å². The second-order valence-electron chi connectivity index (χ2n) is 5.07. The number of benzene rings is 1. The van der Waals surface area contributed by atoms with Gasteiger partial charge in [-0.25, -0.2) is 0 Å². The lowest BCUT2D eigenvalue weighted by atomic mass is 9.96. The molecule has 0 spiro atoms. The predicted octanol–water partition coefficient (Wildman–Crippen LogP) is 1.51. The number of nitrogens with one attached hydrogen (secondary N) is 1. The lowest BCUT2D eigenvalue weighted by Crippen LogP contribution is -2.48. The maximum Gasteiger partial charge on any atom is 0.305 e. The highest BCUT2D eigenvalue weighted by Gasteiger charge is 2.28. The maximum absolute atomic E-state index is 11.8. The summed E-state index contributed by atoms with van der Waals surface area (Å²) >= 11 is 0. The second-order valence-corrected chi connectivity index (χ2v) is 5.07. The van der Waals surface area contributed by atoms with E-state index in [1.54, 1.807) is 0 Å². The van der Waals surface area contributed by atoms with E-state index < -0.39 is 0 Å². The van der Waals surface area contributed by atoms with E-state index in [0.29, 0.717) is 18.8 Å². The largest absolute Gasteiger partial charge is 0.469 e. The Labute approximate surface area is 118 Å². The van der Waals surface area contributed by atoms with Crippen LogP contribution in [0.2, 0.25) is 0 Å². The number of anilines is 1. The standard InChI is InChI=1S/C15H20N2O3/c1-20-15(19)9-12-10-17(11-12)8-7-14(18)16-13-5-3-2-4-6-13/h2-6,12H,7-11H2,1H3,(H,16,18). The maximum atomic E-state index is 11.8. The van der Waals surface area contributed by atoms with Gasteiger partial charge >= 0.3 is 5.97 Å². The van der Waals surface area contributed by atoms with Crippen molar-refractivity contribution >= 4 is 17.6 Å². The number of likely N-dealkylation sites (tertiary alicyclic amines) is 1. The molecule has 0 saturated carbocycles. The van der Waals surface area contributed by atoms with Crippen molar-refractivity contribution in [3.05, 3.63) is 30.3 Å². The van der Waals surface area contributed by atoms with Gasteiger partial charge in [-0.15, -0.1) is 0 Å². The zero-order valence-electron chi connectivity index (χ0n) is 11.7. The van der Waals surface area contributed by atoms with Crippen LogP contribution in [0.15, 0.2) is 30.3 Å². The predicted molar refractivity (Wildman–Crippen MR) is 76.3 cm³/mol. The monoisotopic (exact) mass is 276 g/mol. The molecular formula is C15H20N2O3. The summed E-state index contributed by atoms with van der Waals surface area (Å²) < 4.78 is 4.63. The highest BCUT2D eigenvalue weighted by atomic mass is 16.5. The number of hydrogen-bond acceptors (Lipinski definition) is 4. The van der Waals surface area contributed by atoms with Gasteiger partial charge in [0, 0.05) is 31.7 Å². The lowest BCUT2D eigenvalue weighted by Gasteiger charge is -2.38. The van der Waals surface area contributed by atoms with E-state index in [-0.39, 0.29) is 11.9 Å². The Morgan fingerprint density at radius 1 is 1.30 bits per heavy atom. The van der Waals surface area contributed by atoms with Gasteiger partial charge < -0.3 is 15.0 Å². The minimum Gasteiger partial charge on any atom is -0.469 e. The third-order valence-electron chi connectivity index (χ3n) is 3.43. The van der Waals surface area contributed by atoms with Crippen LogP contribution < -0.4 is 5.32 Å². The normalized spacial score (nSPS) is 15.4. The molecule has 0 aromatic heterocycles. The number of amides is 1. The second kappa shape index (κ2) is 7.05. The molecule has 1 amide bonds. The zero-order chi connectivity index (χ0) is 14.4. The number of ether oxygens (including phenoxy) is 1. The van der Waals surface area contributed by atoms with Gasteiger partial charge in [0.25, 0.3) is 0 Å². The minimum absolute atomic E-state index is 0.0209. The molecule has 5 nitrogen and oxygen atoms in total. The average Bonchev–Trinajstić information content (AvgIpc) is 2.42. The Balaban J connectivity index is 1.60. The molecule has 0 unspecified atom stereocenters. The molecule has 1 N–H and O–H groups in total. The zero-order valence-corrected chi connectivity index (χ0v) is 11.7. The van der Waals surface area contributed by atoms with Crippen LogP contribution >= 0.6 is 0 Å². The highest BCUT2D eigenvalue weighted by molar-refractivity contribution is 5.90. The van der Waals surface area contributed by atoms with Gasteiger partial charge in [0.15, 0.2) is 0 Å². The van der Waals surface area contributed by atoms with E-state index in [4.69, 9.17) is 0 Å². The topological polar surface area (TPSA) is 58.6 Å². The average molecular weight is 276 g/mol. The fourth-order valence-corrected chi connectivity index (χ4v) is 2.31. The Hall–Kier alpha value is -1.88. The summed E-state index contributed by atoms with van der Waals surface area (Å²) in [5.74, 6) is 0.240. The van der Waals surface area contributed by atoms with Crippen molar-refractivity contribution in [3.8, 4) is 0 Å². The molecule has 1 aromatic rings. The number of nitrogens with zero attached hydrogens (tertiary/aromatic N) is 1. The molecule has 2 rings (SSSR count). The highest BCUT2D eigenvalue weighted by Crippen LogP contribution is 2.19. The van der Waals surface area contributed by atoms with E-state index in [0.717, 1.165) is 25.3 Å². The van der Waals surface area contributed by atoms with Gasteiger partial charge in [-0.05, 0) is 18.1 Å². The van der Waals surface area contributed by atoms with Crippen LogP contribution in [0.1, 0.15) is 12.8 Å². The number of hydrogen-bond donors (Lipinski definition) is 1. The molecular weight excluding hydrogens is 256 g/mol. The first kappa shape index (κ1) is 14.5. The minimum atomic E-state index is -0.156. The molecule has 0 radical (unpaired) electrons. The summed E-state index contributed by atoms with van der Waals surface area (Å²) in [6.07, 6.45) is 0.947. The molecule has 0 atom stereocenters. The summed E-state index contributed by atoms with van der Waals surface area (Å²) in [6, 6.07) is 9.43. The molecule has 1 aliphatic heterocycles. The third kappa shape index (κ3) is 4.35. The lowest BCUT2D eigenvalue weighted by molar-refractivity contribution is -0.143. The molecule has 1 heterocycles. The SMILES string of the molecule is COC(=O)CC1CN(CCC(=O)Nc2ccccc2)C1. The van der Waals surface area contributed by atoms with Crippen LogP contribution in [-0.4, -0.2) is 43.5 Å². The fourth-order valence-electron chi connectivity index (χ4n) is 2.31. The summed E-state index contributed by atoms with van der Waals surface area (Å²) in [6.45, 7) is 2.47. The van der Waals surface area contributed by atoms with E-state index >= 15 is 0 Å². The summed E-state index contributed by atoms with van der Waals surface area (Å²) in [7, 11) is 1.41. The van der Waals surface area contributed by atoms with Crippen LogP contribution in [-0.2, 0) is 14.3 Å². The Morgan fingerprint density at radius 3 is 2.65 bits per heavy atom. The molecule has 0 aliphatic carbocycles. The van der Waals surface area contributed by atoms with Crippen molar-refractivity contribution in [1.29, 1.82) is 0 Å². The Bertz CT molecular complexity index is 455. The molecule has 20 heavy (non-hydrogen) atoms.